The molecule has 0 amide bonds. The third kappa shape index (κ3) is 4.71. The second kappa shape index (κ2) is 8.71. The molecule has 1 unspecified atom stereocenters. The molecule has 1 heterocycles. The molecule has 1 aliphatic carbocycles. The number of ether oxygens (including phenoxy) is 3. The Kier molecular flexibility index (Phi) is 5.86. The van der Waals surface area contributed by atoms with Crippen molar-refractivity contribution in [3.05, 3.63) is 70.9 Å². The van der Waals surface area contributed by atoms with E-state index in [2.05, 4.69) is 10.2 Å². The summed E-state index contributed by atoms with van der Waals surface area (Å²) in [7, 11) is 0. The lowest BCUT2D eigenvalue weighted by Gasteiger charge is -2.16. The summed E-state index contributed by atoms with van der Waals surface area (Å²) in [4.78, 5) is 12.6. The van der Waals surface area contributed by atoms with Crippen LogP contribution in [0.1, 0.15) is 36.8 Å². The molecular weight excluding hydrogens is 404 g/mol. The van der Waals surface area contributed by atoms with E-state index in [9.17, 15) is 4.79 Å². The Morgan fingerprint density at radius 2 is 1.87 bits per heavy atom. The van der Waals surface area contributed by atoms with E-state index in [4.69, 9.17) is 25.8 Å². The fourth-order valence-corrected chi connectivity index (χ4v) is 3.19. The van der Waals surface area contributed by atoms with Crippen LogP contribution in [0.25, 0.3) is 0 Å². The van der Waals surface area contributed by atoms with Crippen LogP contribution >= 0.6 is 11.6 Å². The molecule has 0 saturated heterocycles. The molecule has 0 radical (unpaired) electrons. The fourth-order valence-electron chi connectivity index (χ4n) is 3.05. The quantitative estimate of drug-likeness (QED) is 0.467. The van der Waals surface area contributed by atoms with Crippen molar-refractivity contribution < 1.29 is 19.0 Å². The monoisotopic (exact) mass is 424 g/mol. The van der Waals surface area contributed by atoms with E-state index >= 15 is 0 Å². The highest BCUT2D eigenvalue weighted by Gasteiger charge is 2.29. The van der Waals surface area contributed by atoms with Crippen LogP contribution in [0.3, 0.4) is 0 Å². The molecule has 6 nitrogen and oxygen atoms in total. The van der Waals surface area contributed by atoms with Crippen molar-refractivity contribution in [2.45, 2.75) is 38.7 Å². The number of benzene rings is 2. The molecule has 2 aromatic carbocycles. The predicted molar refractivity (Wildman–Crippen MR) is 112 cm³/mol. The first-order valence-corrected chi connectivity index (χ1v) is 10.1. The van der Waals surface area contributed by atoms with Crippen molar-refractivity contribution in [2.75, 3.05) is 0 Å². The summed E-state index contributed by atoms with van der Waals surface area (Å²) >= 11 is 5.98. The van der Waals surface area contributed by atoms with Gasteiger partial charge in [-0.05, 0) is 55.9 Å². The van der Waals surface area contributed by atoms with Gasteiger partial charge in [0, 0.05) is 6.07 Å². The number of halogens is 1. The lowest BCUT2D eigenvalue weighted by Crippen LogP contribution is -2.28. The van der Waals surface area contributed by atoms with Crippen molar-refractivity contribution in [2.24, 2.45) is 0 Å². The Morgan fingerprint density at radius 1 is 1.10 bits per heavy atom. The van der Waals surface area contributed by atoms with Crippen LogP contribution in [0.5, 0.6) is 23.1 Å². The number of esters is 1. The van der Waals surface area contributed by atoms with Crippen LogP contribution in [0.15, 0.2) is 54.6 Å². The third-order valence-corrected chi connectivity index (χ3v) is 4.94. The number of aryl methyl sites for hydroxylation is 1. The molecule has 1 atom stereocenters. The van der Waals surface area contributed by atoms with Gasteiger partial charge in [-0.1, -0.05) is 48.0 Å². The van der Waals surface area contributed by atoms with Crippen molar-refractivity contribution in [3.63, 3.8) is 0 Å². The Hall–Kier alpha value is -3.12. The number of carbonyl (C=O) groups excluding carboxylic acids is 1. The van der Waals surface area contributed by atoms with E-state index in [0.29, 0.717) is 17.4 Å². The van der Waals surface area contributed by atoms with Gasteiger partial charge in [0.2, 0.25) is 0 Å². The molecule has 1 fully saturated rings. The highest BCUT2D eigenvalue weighted by Crippen LogP contribution is 2.46. The maximum Gasteiger partial charge on any atom is 0.352 e. The molecule has 7 heteroatoms. The number of nitrogens with zero attached hydrogens (tertiary/aromatic N) is 2. The molecule has 4 rings (SSSR count). The third-order valence-electron chi connectivity index (χ3n) is 4.75. The zero-order valence-electron chi connectivity index (χ0n) is 16.7. The van der Waals surface area contributed by atoms with E-state index in [1.54, 1.807) is 19.1 Å². The standard InChI is InChI=1S/C23H21ClN2O4/c1-14-7-6-10-18(16-11-12-16)21(14)30-22-19(13-20(24)25-26-22)29-23(27)15(2)28-17-8-4-3-5-9-17/h3-10,13,15-16H,11-12H2,1-2H3. The molecule has 1 aliphatic rings. The topological polar surface area (TPSA) is 70.5 Å². The molecule has 154 valence electrons. The second-order valence-electron chi connectivity index (χ2n) is 7.20. The van der Waals surface area contributed by atoms with Crippen LogP contribution in [-0.2, 0) is 4.79 Å². The highest BCUT2D eigenvalue weighted by atomic mass is 35.5. The van der Waals surface area contributed by atoms with Gasteiger partial charge in [-0.2, -0.15) is 0 Å². The van der Waals surface area contributed by atoms with Gasteiger partial charge in [-0.3, -0.25) is 0 Å². The molecule has 0 aliphatic heterocycles. The Labute approximate surface area is 179 Å². The summed E-state index contributed by atoms with van der Waals surface area (Å²) in [5, 5.41) is 7.94. The van der Waals surface area contributed by atoms with Crippen LogP contribution < -0.4 is 14.2 Å². The summed E-state index contributed by atoms with van der Waals surface area (Å²) in [6, 6.07) is 16.5. The number of rotatable bonds is 7. The first-order valence-electron chi connectivity index (χ1n) is 9.75. The molecule has 1 aromatic heterocycles. The minimum absolute atomic E-state index is 0.0795. The van der Waals surface area contributed by atoms with E-state index in [-0.39, 0.29) is 16.8 Å². The summed E-state index contributed by atoms with van der Waals surface area (Å²) in [5.74, 6) is 1.33. The average Bonchev–Trinajstić information content (AvgIpc) is 3.57. The van der Waals surface area contributed by atoms with Crippen molar-refractivity contribution >= 4 is 17.6 Å². The van der Waals surface area contributed by atoms with Crippen LogP contribution in [0.2, 0.25) is 5.15 Å². The lowest BCUT2D eigenvalue weighted by atomic mass is 10.1. The maximum atomic E-state index is 12.6. The number of hydrogen-bond acceptors (Lipinski definition) is 6. The minimum Gasteiger partial charge on any atom is -0.479 e. The molecule has 0 bridgehead atoms. The minimum atomic E-state index is -0.840. The van der Waals surface area contributed by atoms with Gasteiger partial charge in [0.25, 0.3) is 5.88 Å². The van der Waals surface area contributed by atoms with Gasteiger partial charge >= 0.3 is 5.97 Å². The van der Waals surface area contributed by atoms with Gasteiger partial charge < -0.3 is 14.2 Å². The van der Waals surface area contributed by atoms with Crippen molar-refractivity contribution in [3.8, 4) is 23.1 Å². The summed E-state index contributed by atoms with van der Waals surface area (Å²) in [5.41, 5.74) is 2.08. The van der Waals surface area contributed by atoms with Crippen LogP contribution in [0, 0.1) is 6.92 Å². The van der Waals surface area contributed by atoms with E-state index in [1.165, 1.54) is 6.07 Å². The SMILES string of the molecule is Cc1cccc(C2CC2)c1Oc1nnc(Cl)cc1OC(=O)C(C)Oc1ccccc1. The lowest BCUT2D eigenvalue weighted by molar-refractivity contribution is -0.141. The van der Waals surface area contributed by atoms with Crippen molar-refractivity contribution in [1.29, 1.82) is 0 Å². The van der Waals surface area contributed by atoms with Gasteiger partial charge in [0.1, 0.15) is 11.5 Å². The van der Waals surface area contributed by atoms with E-state index in [0.717, 1.165) is 24.0 Å². The number of hydrogen-bond donors (Lipinski definition) is 0. The summed E-state index contributed by atoms with van der Waals surface area (Å²) < 4.78 is 17.2. The normalized spacial score (nSPS) is 14.1. The van der Waals surface area contributed by atoms with Gasteiger partial charge in [-0.25, -0.2) is 4.79 Å². The molecule has 3 aromatic rings. The molecular formula is C23H21ClN2O4. The molecule has 0 N–H and O–H groups in total. The zero-order chi connectivity index (χ0) is 21.1. The molecule has 30 heavy (non-hydrogen) atoms. The fraction of sp³-hybridized carbons (Fsp3) is 0.261. The Morgan fingerprint density at radius 3 is 2.60 bits per heavy atom. The second-order valence-corrected chi connectivity index (χ2v) is 7.59. The van der Waals surface area contributed by atoms with Crippen molar-refractivity contribution in [1.82, 2.24) is 10.2 Å². The molecule has 1 saturated carbocycles. The Bertz CT molecular complexity index is 1050. The highest BCUT2D eigenvalue weighted by molar-refractivity contribution is 6.29. The van der Waals surface area contributed by atoms with Gasteiger partial charge in [0.15, 0.2) is 17.0 Å². The predicted octanol–water partition coefficient (Wildman–Crippen LogP) is 5.48. The Balaban J connectivity index is 1.55. The summed E-state index contributed by atoms with van der Waals surface area (Å²) in [6.07, 6.45) is 1.41. The zero-order valence-corrected chi connectivity index (χ0v) is 17.4. The number of aromatic nitrogens is 2. The smallest absolute Gasteiger partial charge is 0.352 e. The van der Waals surface area contributed by atoms with Gasteiger partial charge in [-0.15, -0.1) is 10.2 Å². The number of carbonyl (C=O) groups is 1. The first-order chi connectivity index (χ1) is 14.5. The number of para-hydroxylation sites is 2. The average molecular weight is 425 g/mol. The van der Waals surface area contributed by atoms with E-state index < -0.39 is 12.1 Å². The first kappa shape index (κ1) is 20.2. The largest absolute Gasteiger partial charge is 0.479 e. The van der Waals surface area contributed by atoms with Crippen LogP contribution in [-0.4, -0.2) is 22.3 Å². The summed E-state index contributed by atoms with van der Waals surface area (Å²) in [6.45, 7) is 3.57. The van der Waals surface area contributed by atoms with E-state index in [1.807, 2.05) is 43.3 Å². The molecule has 0 spiro atoms. The van der Waals surface area contributed by atoms with Crippen LogP contribution in [0.4, 0.5) is 0 Å². The van der Waals surface area contributed by atoms with Gasteiger partial charge in [0.05, 0.1) is 0 Å². The maximum absolute atomic E-state index is 12.6.